The Morgan fingerprint density at radius 3 is 2.86 bits per heavy atom. The monoisotopic (exact) mass is 496 g/mol. The number of aromatic nitrogens is 3. The normalized spacial score (nSPS) is 17.3. The van der Waals surface area contributed by atoms with E-state index in [4.69, 9.17) is 4.99 Å². The molecule has 0 amide bonds. The van der Waals surface area contributed by atoms with Crippen molar-refractivity contribution in [3.05, 3.63) is 48.0 Å². The minimum Gasteiger partial charge on any atom is -0.354 e. The lowest BCUT2D eigenvalue weighted by Gasteiger charge is -2.33. The highest BCUT2D eigenvalue weighted by Crippen LogP contribution is 2.15. The number of hydrogen-bond acceptors (Lipinski definition) is 3. The third-order valence-electron chi connectivity index (χ3n) is 5.11. The highest BCUT2D eigenvalue weighted by Gasteiger charge is 2.19. The Kier molecular flexibility index (Phi) is 9.73. The molecule has 1 unspecified atom stereocenters. The molecule has 1 aromatic heterocycles. The summed E-state index contributed by atoms with van der Waals surface area (Å²) in [5.74, 6) is 2.80. The van der Waals surface area contributed by atoms with E-state index < -0.39 is 0 Å². The molecule has 3 rings (SSSR count). The predicted octanol–water partition coefficient (Wildman–Crippen LogP) is 3.38. The Balaban J connectivity index is 0.00000280. The van der Waals surface area contributed by atoms with Crippen molar-refractivity contribution in [2.75, 3.05) is 26.2 Å². The average Bonchev–Trinajstić information content (AvgIpc) is 3.15. The van der Waals surface area contributed by atoms with Crippen LogP contribution in [0.2, 0.25) is 0 Å². The van der Waals surface area contributed by atoms with Crippen molar-refractivity contribution in [3.8, 4) is 0 Å². The molecular formula is C21H33IN6. The first kappa shape index (κ1) is 22.6. The number of likely N-dealkylation sites (tertiary alicyclic amines) is 1. The zero-order chi connectivity index (χ0) is 18.9. The van der Waals surface area contributed by atoms with E-state index in [1.54, 1.807) is 0 Å². The summed E-state index contributed by atoms with van der Waals surface area (Å²) < 4.78 is 2.12. The van der Waals surface area contributed by atoms with E-state index in [0.29, 0.717) is 0 Å². The van der Waals surface area contributed by atoms with Gasteiger partial charge in [0, 0.05) is 39.1 Å². The highest BCUT2D eigenvalue weighted by molar-refractivity contribution is 14.0. The van der Waals surface area contributed by atoms with Crippen LogP contribution in [-0.2, 0) is 19.4 Å². The topological polar surface area (TPSA) is 58.3 Å². The third-order valence-corrected chi connectivity index (χ3v) is 5.11. The summed E-state index contributed by atoms with van der Waals surface area (Å²) in [4.78, 5) is 7.35. The summed E-state index contributed by atoms with van der Waals surface area (Å²) in [6.07, 6.45) is 6.25. The van der Waals surface area contributed by atoms with Crippen molar-refractivity contribution < 1.29 is 0 Å². The number of nitrogens with zero attached hydrogens (tertiary/aromatic N) is 5. The molecule has 2 aromatic rings. The summed E-state index contributed by atoms with van der Waals surface area (Å²) >= 11 is 0. The number of hydrogen-bond donors (Lipinski definition) is 1. The molecule has 7 heteroatoms. The smallest absolute Gasteiger partial charge is 0.194 e. The van der Waals surface area contributed by atoms with E-state index in [0.717, 1.165) is 63.3 Å². The van der Waals surface area contributed by atoms with Crippen LogP contribution in [0.5, 0.6) is 0 Å². The molecule has 1 atom stereocenters. The van der Waals surface area contributed by atoms with Gasteiger partial charge in [0.05, 0.1) is 0 Å². The van der Waals surface area contributed by atoms with E-state index in [1.807, 2.05) is 6.33 Å². The van der Waals surface area contributed by atoms with Gasteiger partial charge in [-0.25, -0.2) is 0 Å². The van der Waals surface area contributed by atoms with Gasteiger partial charge in [0.25, 0.3) is 0 Å². The number of benzene rings is 1. The van der Waals surface area contributed by atoms with Gasteiger partial charge in [-0.05, 0) is 30.7 Å². The molecule has 0 saturated carbocycles. The lowest BCUT2D eigenvalue weighted by atomic mass is 10.0. The summed E-state index contributed by atoms with van der Waals surface area (Å²) in [6, 6.07) is 10.6. The molecule has 6 nitrogen and oxygen atoms in total. The number of guanidine groups is 1. The second-order valence-corrected chi connectivity index (χ2v) is 7.36. The van der Waals surface area contributed by atoms with Gasteiger partial charge in [0.2, 0.25) is 0 Å². The Bertz CT molecular complexity index is 715. The van der Waals surface area contributed by atoms with E-state index in [2.05, 4.69) is 69.2 Å². The molecule has 1 saturated heterocycles. The zero-order valence-corrected chi connectivity index (χ0v) is 19.4. The second kappa shape index (κ2) is 12.0. The van der Waals surface area contributed by atoms with Crippen LogP contribution in [0.3, 0.4) is 0 Å². The predicted molar refractivity (Wildman–Crippen MR) is 125 cm³/mol. The standard InChI is InChI=1S/C21H32N6.HI/c1-3-20-25-24-17-27(20)15-13-23-21(26-14-7-8-18(2)16-26)22-12-11-19-9-5-4-6-10-19;/h4-6,9-10,17-18H,3,7-8,11-16H2,1-2H3,(H,22,23);1H. The quantitative estimate of drug-likeness (QED) is 0.363. The van der Waals surface area contributed by atoms with E-state index in [-0.39, 0.29) is 24.0 Å². The van der Waals surface area contributed by atoms with Crippen molar-refractivity contribution >= 4 is 29.9 Å². The molecule has 1 aliphatic heterocycles. The Labute approximate surface area is 185 Å². The number of halogens is 1. The molecule has 0 bridgehead atoms. The van der Waals surface area contributed by atoms with E-state index >= 15 is 0 Å². The Hall–Kier alpha value is -1.64. The fraction of sp³-hybridized carbons (Fsp3) is 0.571. The van der Waals surface area contributed by atoms with Gasteiger partial charge < -0.3 is 14.8 Å². The van der Waals surface area contributed by atoms with Crippen molar-refractivity contribution in [2.45, 2.75) is 46.1 Å². The molecule has 154 valence electrons. The minimum absolute atomic E-state index is 0. The van der Waals surface area contributed by atoms with Crippen LogP contribution in [0.25, 0.3) is 0 Å². The van der Waals surface area contributed by atoms with Crippen molar-refractivity contribution in [2.24, 2.45) is 10.9 Å². The molecule has 28 heavy (non-hydrogen) atoms. The lowest BCUT2D eigenvalue weighted by molar-refractivity contribution is 0.265. The van der Waals surface area contributed by atoms with Gasteiger partial charge in [-0.1, -0.05) is 44.2 Å². The molecule has 0 spiro atoms. The highest BCUT2D eigenvalue weighted by atomic mass is 127. The number of aryl methyl sites for hydroxylation is 1. The van der Waals surface area contributed by atoms with E-state index in [1.165, 1.54) is 18.4 Å². The lowest BCUT2D eigenvalue weighted by Crippen LogP contribution is -2.47. The summed E-state index contributed by atoms with van der Waals surface area (Å²) in [7, 11) is 0. The molecule has 1 fully saturated rings. The van der Waals surface area contributed by atoms with Crippen LogP contribution in [-0.4, -0.2) is 51.8 Å². The van der Waals surface area contributed by atoms with Gasteiger partial charge >= 0.3 is 0 Å². The number of rotatable bonds is 7. The largest absolute Gasteiger partial charge is 0.354 e. The summed E-state index contributed by atoms with van der Waals surface area (Å²) in [6.45, 7) is 9.12. The van der Waals surface area contributed by atoms with Crippen LogP contribution in [0, 0.1) is 5.92 Å². The third kappa shape index (κ3) is 6.76. The SMILES string of the molecule is CCc1nncn1CCNC(=NCCc1ccccc1)N1CCCC(C)C1.I. The molecule has 2 heterocycles. The van der Waals surface area contributed by atoms with Crippen LogP contribution in [0.4, 0.5) is 0 Å². The first-order valence-corrected chi connectivity index (χ1v) is 10.2. The maximum Gasteiger partial charge on any atom is 0.194 e. The number of aliphatic imine (C=N–C) groups is 1. The number of piperidine rings is 1. The second-order valence-electron chi connectivity index (χ2n) is 7.36. The van der Waals surface area contributed by atoms with Crippen molar-refractivity contribution in [1.82, 2.24) is 25.0 Å². The van der Waals surface area contributed by atoms with Gasteiger partial charge in [-0.15, -0.1) is 34.2 Å². The molecule has 1 aliphatic rings. The van der Waals surface area contributed by atoms with Crippen molar-refractivity contribution in [3.63, 3.8) is 0 Å². The Morgan fingerprint density at radius 1 is 1.29 bits per heavy atom. The van der Waals surface area contributed by atoms with Crippen LogP contribution < -0.4 is 5.32 Å². The molecular weight excluding hydrogens is 463 g/mol. The van der Waals surface area contributed by atoms with Gasteiger partial charge in [0.15, 0.2) is 5.96 Å². The number of nitrogens with one attached hydrogen (secondary N) is 1. The van der Waals surface area contributed by atoms with Crippen molar-refractivity contribution in [1.29, 1.82) is 0 Å². The van der Waals surface area contributed by atoms with Gasteiger partial charge in [0.1, 0.15) is 12.2 Å². The molecule has 0 aliphatic carbocycles. The summed E-state index contributed by atoms with van der Waals surface area (Å²) in [5, 5.41) is 11.8. The average molecular weight is 496 g/mol. The Morgan fingerprint density at radius 2 is 2.11 bits per heavy atom. The molecule has 1 N–H and O–H groups in total. The first-order valence-electron chi connectivity index (χ1n) is 10.2. The minimum atomic E-state index is 0. The van der Waals surface area contributed by atoms with Crippen LogP contribution >= 0.6 is 24.0 Å². The first-order chi connectivity index (χ1) is 13.3. The molecule has 1 aromatic carbocycles. The molecule has 0 radical (unpaired) electrons. The van der Waals surface area contributed by atoms with Gasteiger partial charge in [-0.3, -0.25) is 4.99 Å². The fourth-order valence-corrected chi connectivity index (χ4v) is 3.61. The van der Waals surface area contributed by atoms with E-state index in [9.17, 15) is 0 Å². The maximum atomic E-state index is 4.93. The fourth-order valence-electron chi connectivity index (χ4n) is 3.61. The zero-order valence-electron chi connectivity index (χ0n) is 17.0. The maximum absolute atomic E-state index is 4.93. The summed E-state index contributed by atoms with van der Waals surface area (Å²) in [5.41, 5.74) is 1.34. The van der Waals surface area contributed by atoms with Gasteiger partial charge in [-0.2, -0.15) is 0 Å². The van der Waals surface area contributed by atoms with Crippen LogP contribution in [0.15, 0.2) is 41.7 Å². The van der Waals surface area contributed by atoms with Crippen LogP contribution in [0.1, 0.15) is 38.1 Å².